The van der Waals surface area contributed by atoms with Crippen LogP contribution in [0.25, 0.3) is 39.3 Å². The Morgan fingerprint density at radius 1 is 0.891 bits per heavy atom. The fraction of sp³-hybridized carbons (Fsp3) is 0.452. The minimum Gasteiger partial charge on any atom is -0.657 e. The molecule has 0 unspecified atom stereocenters. The van der Waals surface area contributed by atoms with E-state index in [-0.39, 0.29) is 68.0 Å². The van der Waals surface area contributed by atoms with E-state index in [1.807, 2.05) is 76.1 Å². The SMILES string of the molecule is C=Cc1c(C)c2cc3nc(c(CC(=O)NCCN(C)C)c4[n-]c(cc5nc(cc1[n-]2)C(C)=C5CC)c(C)c4C(=O)O)[C@@H](CCC(=O)NCCN(C)C)[C@@H]3C.[Pd+2]. The smallest absolute Gasteiger partial charge is 0.657 e. The third kappa shape index (κ3) is 9.53. The number of likely N-dealkylation sites (N-methyl/N-ethyl adjacent to an activating group) is 2. The van der Waals surface area contributed by atoms with Gasteiger partial charge in [0.25, 0.3) is 0 Å². The van der Waals surface area contributed by atoms with Gasteiger partial charge in [0.1, 0.15) is 0 Å². The van der Waals surface area contributed by atoms with Crippen molar-refractivity contribution >= 4 is 57.1 Å². The summed E-state index contributed by atoms with van der Waals surface area (Å²) >= 11 is 0. The van der Waals surface area contributed by atoms with Gasteiger partial charge in [0.2, 0.25) is 11.8 Å². The summed E-state index contributed by atoms with van der Waals surface area (Å²) in [5, 5.41) is 16.7. The fourth-order valence-electron chi connectivity index (χ4n) is 7.37. The fourth-order valence-corrected chi connectivity index (χ4v) is 7.37. The topological polar surface area (TPSA) is 156 Å². The van der Waals surface area contributed by atoms with Crippen LogP contribution >= 0.6 is 0 Å². The molecule has 0 saturated carbocycles. The van der Waals surface area contributed by atoms with E-state index in [4.69, 9.17) is 19.9 Å². The van der Waals surface area contributed by atoms with E-state index in [0.29, 0.717) is 67.1 Å². The molecular formula is C42H54N8O4Pd. The van der Waals surface area contributed by atoms with Gasteiger partial charge in [-0.1, -0.05) is 55.8 Å². The second-order valence-corrected chi connectivity index (χ2v) is 14.9. The molecule has 0 aliphatic carbocycles. The molecule has 3 N–H and O–H groups in total. The van der Waals surface area contributed by atoms with Crippen molar-refractivity contribution in [2.45, 2.75) is 72.1 Å². The van der Waals surface area contributed by atoms with Crippen LogP contribution in [-0.4, -0.2) is 97.0 Å². The third-order valence-corrected chi connectivity index (χ3v) is 10.6. The van der Waals surface area contributed by atoms with Crippen LogP contribution in [-0.2, 0) is 36.4 Å². The maximum atomic E-state index is 13.7. The molecule has 55 heavy (non-hydrogen) atoms. The number of aromatic carboxylic acids is 1. The zero-order valence-corrected chi connectivity index (χ0v) is 35.1. The Morgan fingerprint density at radius 2 is 1.51 bits per heavy atom. The molecular weight excluding hydrogens is 787 g/mol. The van der Waals surface area contributed by atoms with Crippen molar-refractivity contribution in [1.29, 1.82) is 0 Å². The molecule has 8 bridgehead atoms. The summed E-state index contributed by atoms with van der Waals surface area (Å²) in [6, 6.07) is 5.80. The molecule has 2 amide bonds. The van der Waals surface area contributed by atoms with Gasteiger partial charge < -0.3 is 35.5 Å². The molecule has 0 radical (unpaired) electrons. The number of aromatic nitrogens is 4. The minimum absolute atomic E-state index is 0. The number of allylic oxidation sites excluding steroid dienone is 2. The Bertz CT molecular complexity index is 2160. The van der Waals surface area contributed by atoms with E-state index < -0.39 is 5.97 Å². The molecule has 5 rings (SSSR count). The molecule has 296 valence electrons. The quantitative estimate of drug-likeness (QED) is 0.179. The normalized spacial score (nSPS) is 15.3. The van der Waals surface area contributed by atoms with Crippen molar-refractivity contribution in [2.24, 2.45) is 0 Å². The molecule has 12 nitrogen and oxygen atoms in total. The average Bonchev–Trinajstić information content (AvgIpc) is 3.78. The zero-order valence-electron chi connectivity index (χ0n) is 33.5. The molecule has 2 aliphatic rings. The van der Waals surface area contributed by atoms with E-state index in [1.54, 1.807) is 6.92 Å². The van der Waals surface area contributed by atoms with Crippen LogP contribution in [0.3, 0.4) is 0 Å². The minimum atomic E-state index is -1.14. The molecule has 2 atom stereocenters. The van der Waals surface area contributed by atoms with Crippen molar-refractivity contribution in [2.75, 3.05) is 54.4 Å². The number of carbonyl (C=O) groups excluding carboxylic acids is 2. The second-order valence-electron chi connectivity index (χ2n) is 14.9. The molecule has 3 aromatic rings. The first-order valence-electron chi connectivity index (χ1n) is 18.7. The molecule has 0 aromatic carbocycles. The number of hydrogen-bond donors (Lipinski definition) is 3. The maximum Gasteiger partial charge on any atom is 2.00 e. The Balaban J connectivity index is 0.00000673. The van der Waals surface area contributed by atoms with Crippen LogP contribution in [0.4, 0.5) is 0 Å². The predicted octanol–water partition coefficient (Wildman–Crippen LogP) is 5.43. The predicted molar refractivity (Wildman–Crippen MR) is 215 cm³/mol. The van der Waals surface area contributed by atoms with Crippen LogP contribution in [0.5, 0.6) is 0 Å². The number of aryl methyl sites for hydroxylation is 2. The van der Waals surface area contributed by atoms with E-state index in [2.05, 4.69) is 31.1 Å². The van der Waals surface area contributed by atoms with Crippen LogP contribution in [0.1, 0.15) is 107 Å². The molecule has 2 aliphatic heterocycles. The summed E-state index contributed by atoms with van der Waals surface area (Å²) < 4.78 is 0. The van der Waals surface area contributed by atoms with Gasteiger partial charge in [0.15, 0.2) is 0 Å². The van der Waals surface area contributed by atoms with E-state index in [0.717, 1.165) is 44.7 Å². The summed E-state index contributed by atoms with van der Waals surface area (Å²) in [6.07, 6.45) is 3.04. The average molecular weight is 841 g/mol. The van der Waals surface area contributed by atoms with Gasteiger partial charge in [-0.05, 0) is 84.1 Å². The molecule has 5 heterocycles. The Labute approximate surface area is 338 Å². The van der Waals surface area contributed by atoms with Gasteiger partial charge in [0, 0.05) is 61.4 Å². The molecule has 0 fully saturated rings. The summed E-state index contributed by atoms with van der Waals surface area (Å²) in [5.74, 6) is -1.99. The molecule has 13 heteroatoms. The molecule has 3 aromatic heterocycles. The van der Waals surface area contributed by atoms with Gasteiger partial charge in [-0.15, -0.1) is 22.1 Å². The number of fused-ring (bicyclic) bond motifs is 8. The first-order valence-corrected chi connectivity index (χ1v) is 18.7. The number of carboxylic acids is 1. The monoisotopic (exact) mass is 840 g/mol. The first kappa shape index (κ1) is 43.3. The Morgan fingerprint density at radius 3 is 2.11 bits per heavy atom. The molecule has 0 saturated heterocycles. The van der Waals surface area contributed by atoms with Crippen molar-refractivity contribution < 1.29 is 39.9 Å². The van der Waals surface area contributed by atoms with Gasteiger partial charge in [-0.3, -0.25) is 14.6 Å². The number of carboxylic acid groups (broad SMARTS) is 1. The van der Waals surface area contributed by atoms with Crippen LogP contribution in [0.15, 0.2) is 24.8 Å². The van der Waals surface area contributed by atoms with Crippen LogP contribution < -0.4 is 20.6 Å². The summed E-state index contributed by atoms with van der Waals surface area (Å²) in [6.45, 7) is 16.3. The summed E-state index contributed by atoms with van der Waals surface area (Å²) in [7, 11) is 7.77. The number of nitrogens with zero attached hydrogens (tertiary/aromatic N) is 6. The Hall–Kier alpha value is -4.41. The largest absolute Gasteiger partial charge is 2.00 e. The van der Waals surface area contributed by atoms with Gasteiger partial charge >= 0.3 is 26.4 Å². The van der Waals surface area contributed by atoms with Crippen LogP contribution in [0, 0.1) is 13.8 Å². The maximum absolute atomic E-state index is 13.7. The van der Waals surface area contributed by atoms with Crippen molar-refractivity contribution in [1.82, 2.24) is 40.4 Å². The van der Waals surface area contributed by atoms with Crippen LogP contribution in [0.2, 0.25) is 0 Å². The summed E-state index contributed by atoms with van der Waals surface area (Å²) in [5.41, 5.74) is 9.77. The first-order chi connectivity index (χ1) is 25.6. The number of nitrogens with one attached hydrogen (secondary N) is 2. The summed E-state index contributed by atoms with van der Waals surface area (Å²) in [4.78, 5) is 64.3. The second kappa shape index (κ2) is 18.5. The number of amides is 2. The third-order valence-electron chi connectivity index (χ3n) is 10.6. The molecule has 0 spiro atoms. The van der Waals surface area contributed by atoms with E-state index in [9.17, 15) is 19.5 Å². The number of hydrogen-bond acceptors (Lipinski definition) is 7. The number of carbonyl (C=O) groups is 3. The van der Waals surface area contributed by atoms with Gasteiger partial charge in [-0.2, -0.15) is 0 Å². The number of rotatable bonds is 14. The van der Waals surface area contributed by atoms with Crippen molar-refractivity contribution in [3.8, 4) is 0 Å². The van der Waals surface area contributed by atoms with Crippen molar-refractivity contribution in [3.05, 3.63) is 75.4 Å². The van der Waals surface area contributed by atoms with Gasteiger partial charge in [-0.25, -0.2) is 9.78 Å². The van der Waals surface area contributed by atoms with Gasteiger partial charge in [0.05, 0.1) is 17.8 Å². The standard InChI is InChI=1S/C42H56N8O4.Pd/c1-11-27-23(3)31-20-33-25(5)29(13-14-37(51)43-15-17-49(7)8)40(47-33)30(19-38(52)44-16-18-50(9)10)41-39(42(53)54)26(6)34(48-41)22-36-28(12-2)24(4)32(46-36)21-35(27)45-31;/h11,20-22,25,29H,1,12-19H2,2-10H3,(H5,43,44,45,46,47,48,51,52,53,54);/q;+2/p-2/t25-,29-;/m0./s1. The van der Waals surface area contributed by atoms with Crippen molar-refractivity contribution in [3.63, 3.8) is 0 Å². The van der Waals surface area contributed by atoms with E-state index in [1.165, 1.54) is 0 Å². The van der Waals surface area contributed by atoms with E-state index >= 15 is 0 Å². The zero-order chi connectivity index (χ0) is 39.4. The Kier molecular flexibility index (Phi) is 14.6.